The Morgan fingerprint density at radius 2 is 1.84 bits per heavy atom. The molecule has 7 nitrogen and oxygen atoms in total. The zero-order valence-electron chi connectivity index (χ0n) is 16.5. The summed E-state index contributed by atoms with van der Waals surface area (Å²) in [5, 5.41) is 6.42. The molecule has 0 saturated carbocycles. The quantitative estimate of drug-likeness (QED) is 0.595. The molecule has 11 heteroatoms. The highest BCUT2D eigenvalue weighted by molar-refractivity contribution is 7.89. The molecular formula is C20H19F3N4O3S. The average Bonchev–Trinajstić information content (AvgIpc) is 3.21. The SMILES string of the molecule is CC(C)NS(=O)(=O)c1cccc(C(=O)Nc2cc(C(F)(F)F)ccc2-n2cccn2)c1. The molecule has 0 aliphatic carbocycles. The van der Waals surface area contributed by atoms with Gasteiger partial charge in [0.1, 0.15) is 0 Å². The van der Waals surface area contributed by atoms with Gasteiger partial charge >= 0.3 is 6.18 Å². The third kappa shape index (κ3) is 5.30. The van der Waals surface area contributed by atoms with E-state index in [2.05, 4.69) is 15.1 Å². The molecule has 1 heterocycles. The van der Waals surface area contributed by atoms with Crippen molar-refractivity contribution in [2.24, 2.45) is 0 Å². The van der Waals surface area contributed by atoms with Crippen molar-refractivity contribution >= 4 is 21.6 Å². The van der Waals surface area contributed by atoms with Gasteiger partial charge in [0.25, 0.3) is 5.91 Å². The van der Waals surface area contributed by atoms with Gasteiger partial charge in [-0.25, -0.2) is 17.8 Å². The van der Waals surface area contributed by atoms with Gasteiger partial charge in [-0.05, 0) is 56.3 Å². The first kappa shape index (κ1) is 22.5. The van der Waals surface area contributed by atoms with Gasteiger partial charge in [-0.15, -0.1) is 0 Å². The van der Waals surface area contributed by atoms with E-state index in [0.29, 0.717) is 0 Å². The van der Waals surface area contributed by atoms with E-state index in [9.17, 15) is 26.4 Å². The number of benzene rings is 2. The minimum Gasteiger partial charge on any atom is -0.320 e. The molecule has 0 bridgehead atoms. The van der Waals surface area contributed by atoms with Crippen molar-refractivity contribution in [1.29, 1.82) is 0 Å². The first-order valence-electron chi connectivity index (χ1n) is 9.12. The van der Waals surface area contributed by atoms with Crippen molar-refractivity contribution in [3.05, 3.63) is 72.1 Å². The van der Waals surface area contributed by atoms with Crippen LogP contribution in [-0.2, 0) is 16.2 Å². The highest BCUT2D eigenvalue weighted by Gasteiger charge is 2.31. The fourth-order valence-electron chi connectivity index (χ4n) is 2.80. The van der Waals surface area contributed by atoms with Gasteiger partial charge in [0.15, 0.2) is 0 Å². The zero-order chi connectivity index (χ0) is 22.8. The number of nitrogens with one attached hydrogen (secondary N) is 2. The fourth-order valence-corrected chi connectivity index (χ4v) is 4.10. The van der Waals surface area contributed by atoms with Crippen LogP contribution in [0.25, 0.3) is 5.69 Å². The summed E-state index contributed by atoms with van der Waals surface area (Å²) in [7, 11) is -3.85. The lowest BCUT2D eigenvalue weighted by molar-refractivity contribution is -0.137. The monoisotopic (exact) mass is 452 g/mol. The molecule has 0 fully saturated rings. The molecule has 164 valence electrons. The normalized spacial score (nSPS) is 12.2. The number of nitrogens with zero attached hydrogens (tertiary/aromatic N) is 2. The molecule has 0 atom stereocenters. The molecule has 0 radical (unpaired) electrons. The molecule has 3 aromatic rings. The fraction of sp³-hybridized carbons (Fsp3) is 0.200. The maximum absolute atomic E-state index is 13.2. The molecule has 0 unspecified atom stereocenters. The Bertz CT molecular complexity index is 1190. The smallest absolute Gasteiger partial charge is 0.320 e. The molecule has 3 rings (SSSR count). The van der Waals surface area contributed by atoms with E-state index in [0.717, 1.165) is 18.2 Å². The molecule has 1 amide bonds. The van der Waals surface area contributed by atoms with Gasteiger partial charge < -0.3 is 5.32 Å². The van der Waals surface area contributed by atoms with E-state index in [1.54, 1.807) is 19.9 Å². The Labute approximate surface area is 176 Å². The van der Waals surface area contributed by atoms with Gasteiger partial charge in [-0.2, -0.15) is 18.3 Å². The van der Waals surface area contributed by atoms with Gasteiger partial charge in [-0.3, -0.25) is 4.79 Å². The van der Waals surface area contributed by atoms with Crippen molar-refractivity contribution in [3.8, 4) is 5.69 Å². The van der Waals surface area contributed by atoms with Crippen LogP contribution in [0.5, 0.6) is 0 Å². The van der Waals surface area contributed by atoms with Crippen LogP contribution in [0.2, 0.25) is 0 Å². The lowest BCUT2D eigenvalue weighted by Crippen LogP contribution is -2.30. The molecule has 2 N–H and O–H groups in total. The number of rotatable bonds is 6. The van der Waals surface area contributed by atoms with Crippen LogP contribution in [0.4, 0.5) is 18.9 Å². The van der Waals surface area contributed by atoms with Crippen LogP contribution >= 0.6 is 0 Å². The Balaban J connectivity index is 1.97. The van der Waals surface area contributed by atoms with E-state index in [-0.39, 0.29) is 27.9 Å². The lowest BCUT2D eigenvalue weighted by atomic mass is 10.1. The van der Waals surface area contributed by atoms with Gasteiger partial charge in [0, 0.05) is 24.0 Å². The highest BCUT2D eigenvalue weighted by atomic mass is 32.2. The van der Waals surface area contributed by atoms with E-state index >= 15 is 0 Å². The van der Waals surface area contributed by atoms with Gasteiger partial charge in [0.05, 0.1) is 21.8 Å². The molecule has 0 spiro atoms. The number of carbonyl (C=O) groups is 1. The predicted molar refractivity (Wildman–Crippen MR) is 108 cm³/mol. The van der Waals surface area contributed by atoms with Crippen LogP contribution in [0.15, 0.2) is 65.8 Å². The number of alkyl halides is 3. The van der Waals surface area contributed by atoms with Crippen molar-refractivity contribution in [2.75, 3.05) is 5.32 Å². The average molecular weight is 452 g/mol. The molecular weight excluding hydrogens is 433 g/mol. The van der Waals surface area contributed by atoms with E-state index in [1.165, 1.54) is 41.3 Å². The molecule has 0 saturated heterocycles. The number of amides is 1. The van der Waals surface area contributed by atoms with Crippen molar-refractivity contribution < 1.29 is 26.4 Å². The maximum atomic E-state index is 13.2. The molecule has 0 aliphatic heterocycles. The number of hydrogen-bond acceptors (Lipinski definition) is 4. The minimum atomic E-state index is -4.61. The van der Waals surface area contributed by atoms with Crippen molar-refractivity contribution in [3.63, 3.8) is 0 Å². The minimum absolute atomic E-state index is 0.0320. The standard InChI is InChI=1S/C20H19F3N4O3S/c1-13(2)26-31(29,30)16-6-3-5-14(11-16)19(28)25-17-12-15(20(21,22)23)7-8-18(17)27-10-4-9-24-27/h3-13,26H,1-2H3,(H,25,28). The summed E-state index contributed by atoms with van der Waals surface area (Å²) < 4.78 is 68.0. The number of sulfonamides is 1. The predicted octanol–water partition coefficient (Wildman–Crippen LogP) is 3.83. The molecule has 0 aliphatic rings. The number of aromatic nitrogens is 2. The van der Waals surface area contributed by atoms with Crippen LogP contribution in [0.1, 0.15) is 29.8 Å². The van der Waals surface area contributed by atoms with E-state index in [4.69, 9.17) is 0 Å². The molecule has 1 aromatic heterocycles. The van der Waals surface area contributed by atoms with Crippen LogP contribution in [-0.4, -0.2) is 30.1 Å². The summed E-state index contributed by atoms with van der Waals surface area (Å²) in [5.74, 6) is -0.769. The molecule has 2 aromatic carbocycles. The Kier molecular flexibility index (Phi) is 6.18. The Hall–Kier alpha value is -3.18. The van der Waals surface area contributed by atoms with Crippen molar-refractivity contribution in [1.82, 2.24) is 14.5 Å². The van der Waals surface area contributed by atoms with Gasteiger partial charge in [-0.1, -0.05) is 6.07 Å². The third-order valence-electron chi connectivity index (χ3n) is 4.12. The first-order valence-corrected chi connectivity index (χ1v) is 10.6. The number of halogens is 3. The largest absolute Gasteiger partial charge is 0.416 e. The van der Waals surface area contributed by atoms with Crippen LogP contribution < -0.4 is 10.0 Å². The Morgan fingerprint density at radius 1 is 1.10 bits per heavy atom. The summed E-state index contributed by atoms with van der Waals surface area (Å²) in [5.41, 5.74) is -0.889. The van der Waals surface area contributed by atoms with Crippen molar-refractivity contribution in [2.45, 2.75) is 31.0 Å². The van der Waals surface area contributed by atoms with Crippen LogP contribution in [0, 0.1) is 0 Å². The number of anilines is 1. The number of hydrogen-bond donors (Lipinski definition) is 2. The second kappa shape index (κ2) is 8.52. The molecule has 31 heavy (non-hydrogen) atoms. The third-order valence-corrected chi connectivity index (χ3v) is 5.78. The summed E-state index contributed by atoms with van der Waals surface area (Å²) in [6.45, 7) is 3.30. The zero-order valence-corrected chi connectivity index (χ0v) is 17.3. The second-order valence-corrected chi connectivity index (χ2v) is 8.65. The lowest BCUT2D eigenvalue weighted by Gasteiger charge is -2.15. The Morgan fingerprint density at radius 3 is 2.45 bits per heavy atom. The van der Waals surface area contributed by atoms with E-state index in [1.807, 2.05) is 0 Å². The topological polar surface area (TPSA) is 93.1 Å². The van der Waals surface area contributed by atoms with Crippen LogP contribution in [0.3, 0.4) is 0 Å². The maximum Gasteiger partial charge on any atom is 0.416 e. The first-order chi connectivity index (χ1) is 14.5. The summed E-state index contributed by atoms with van der Waals surface area (Å²) in [6.07, 6.45) is -1.65. The van der Waals surface area contributed by atoms with Gasteiger partial charge in [0.2, 0.25) is 10.0 Å². The highest BCUT2D eigenvalue weighted by Crippen LogP contribution is 2.33. The summed E-state index contributed by atoms with van der Waals surface area (Å²) >= 11 is 0. The summed E-state index contributed by atoms with van der Waals surface area (Å²) in [6, 6.07) is 9.33. The van der Waals surface area contributed by atoms with E-state index < -0.39 is 27.7 Å². The summed E-state index contributed by atoms with van der Waals surface area (Å²) in [4.78, 5) is 12.6. The second-order valence-electron chi connectivity index (χ2n) is 6.94. The number of carbonyl (C=O) groups excluding carboxylic acids is 1.